The predicted molar refractivity (Wildman–Crippen MR) is 118 cm³/mol. The number of carbonyl (C=O) groups excluding carboxylic acids is 2. The molecule has 0 radical (unpaired) electrons. The number of rotatable bonds is 9. The van der Waals surface area contributed by atoms with Gasteiger partial charge in [-0.15, -0.1) is 0 Å². The quantitative estimate of drug-likeness (QED) is 0.559. The number of aliphatic carboxylic acids is 1. The van der Waals surface area contributed by atoms with Gasteiger partial charge in [0.25, 0.3) is 0 Å². The lowest BCUT2D eigenvalue weighted by Crippen LogP contribution is -2.59. The van der Waals surface area contributed by atoms with E-state index in [1.54, 1.807) is 13.8 Å². The van der Waals surface area contributed by atoms with Crippen molar-refractivity contribution in [3.8, 4) is 0 Å². The van der Waals surface area contributed by atoms with Crippen molar-refractivity contribution < 1.29 is 29.0 Å². The number of piperidine rings is 1. The van der Waals surface area contributed by atoms with E-state index in [0.29, 0.717) is 39.0 Å². The minimum atomic E-state index is -0.998. The number of likely N-dealkylation sites (tertiary alicyclic amines) is 1. The summed E-state index contributed by atoms with van der Waals surface area (Å²) >= 11 is 0. The fourth-order valence-corrected chi connectivity index (χ4v) is 4.72. The second-order valence-corrected chi connectivity index (χ2v) is 8.86. The van der Waals surface area contributed by atoms with Gasteiger partial charge in [-0.2, -0.15) is 0 Å². The molecule has 2 aliphatic heterocycles. The second-order valence-electron chi connectivity index (χ2n) is 8.86. The van der Waals surface area contributed by atoms with Crippen LogP contribution >= 0.6 is 0 Å². The topological polar surface area (TPSA) is 105 Å². The molecule has 32 heavy (non-hydrogen) atoms. The fraction of sp³-hybridized carbons (Fsp3) is 0.625. The number of benzene rings is 1. The number of hydrogen-bond donors (Lipinski definition) is 2. The lowest BCUT2D eigenvalue weighted by molar-refractivity contribution is -0.156. The first-order valence-electron chi connectivity index (χ1n) is 11.4. The second kappa shape index (κ2) is 10.9. The summed E-state index contributed by atoms with van der Waals surface area (Å²) in [6.07, 6.45) is 3.09. The van der Waals surface area contributed by atoms with Gasteiger partial charge in [-0.05, 0) is 51.5 Å². The Morgan fingerprint density at radius 1 is 1.28 bits per heavy atom. The van der Waals surface area contributed by atoms with Gasteiger partial charge in [0.2, 0.25) is 5.91 Å². The number of carbonyl (C=O) groups is 3. The largest absolute Gasteiger partial charge is 0.480 e. The van der Waals surface area contributed by atoms with Gasteiger partial charge in [0.1, 0.15) is 12.1 Å². The molecule has 2 N–H and O–H groups in total. The van der Waals surface area contributed by atoms with Crippen LogP contribution in [0.25, 0.3) is 0 Å². The van der Waals surface area contributed by atoms with Crippen LogP contribution in [-0.4, -0.2) is 72.3 Å². The van der Waals surface area contributed by atoms with Crippen LogP contribution in [0.15, 0.2) is 30.3 Å². The Morgan fingerprint density at radius 2 is 2.03 bits per heavy atom. The lowest BCUT2D eigenvalue weighted by atomic mass is 9.74. The predicted octanol–water partition coefficient (Wildman–Crippen LogP) is 2.01. The van der Waals surface area contributed by atoms with Gasteiger partial charge in [0, 0.05) is 18.6 Å². The molecule has 1 spiro atoms. The molecule has 2 aliphatic rings. The number of esters is 1. The SMILES string of the molecule is CCOC(=O)C(CCc1ccccc1)N[C@@H](C)C(=O)N1CCC2(CCOC2)C[C@H]1C(=O)O. The number of carboxylic acid groups (broad SMARTS) is 1. The number of nitrogens with zero attached hydrogens (tertiary/aromatic N) is 1. The van der Waals surface area contributed by atoms with Crippen LogP contribution in [-0.2, 0) is 30.3 Å². The maximum atomic E-state index is 13.2. The number of carboxylic acids is 1. The minimum Gasteiger partial charge on any atom is -0.480 e. The Kier molecular flexibility index (Phi) is 8.26. The zero-order chi connectivity index (χ0) is 23.1. The van der Waals surface area contributed by atoms with Crippen molar-refractivity contribution in [1.29, 1.82) is 0 Å². The van der Waals surface area contributed by atoms with Crippen molar-refractivity contribution in [3.63, 3.8) is 0 Å². The maximum Gasteiger partial charge on any atom is 0.326 e. The highest BCUT2D eigenvalue weighted by molar-refractivity contribution is 5.88. The van der Waals surface area contributed by atoms with Crippen LogP contribution in [0.3, 0.4) is 0 Å². The monoisotopic (exact) mass is 446 g/mol. The summed E-state index contributed by atoms with van der Waals surface area (Å²) < 4.78 is 10.7. The normalized spacial score (nSPS) is 24.8. The van der Waals surface area contributed by atoms with E-state index in [-0.39, 0.29) is 17.9 Å². The van der Waals surface area contributed by atoms with E-state index in [9.17, 15) is 19.5 Å². The zero-order valence-corrected chi connectivity index (χ0v) is 18.9. The van der Waals surface area contributed by atoms with E-state index in [4.69, 9.17) is 9.47 Å². The smallest absolute Gasteiger partial charge is 0.326 e. The summed E-state index contributed by atoms with van der Waals surface area (Å²) in [5.41, 5.74) is 0.938. The van der Waals surface area contributed by atoms with Crippen LogP contribution in [0.5, 0.6) is 0 Å². The first kappa shape index (κ1) is 24.2. The molecule has 0 aliphatic carbocycles. The highest BCUT2D eigenvalue weighted by Crippen LogP contribution is 2.41. The molecular weight excluding hydrogens is 412 g/mol. The van der Waals surface area contributed by atoms with Gasteiger partial charge < -0.3 is 19.5 Å². The average molecular weight is 447 g/mol. The third-order valence-corrected chi connectivity index (χ3v) is 6.60. The molecule has 2 unspecified atom stereocenters. The van der Waals surface area contributed by atoms with Gasteiger partial charge in [-0.25, -0.2) is 4.79 Å². The van der Waals surface area contributed by atoms with Crippen molar-refractivity contribution in [2.24, 2.45) is 5.41 Å². The van der Waals surface area contributed by atoms with Crippen LogP contribution in [0, 0.1) is 5.41 Å². The molecule has 2 heterocycles. The van der Waals surface area contributed by atoms with Crippen LogP contribution in [0.1, 0.15) is 45.1 Å². The number of hydrogen-bond acceptors (Lipinski definition) is 6. The fourth-order valence-electron chi connectivity index (χ4n) is 4.72. The van der Waals surface area contributed by atoms with E-state index in [1.165, 1.54) is 4.90 Å². The Bertz CT molecular complexity index is 793. The van der Waals surface area contributed by atoms with E-state index in [1.807, 2.05) is 30.3 Å². The van der Waals surface area contributed by atoms with Crippen LogP contribution in [0.2, 0.25) is 0 Å². The lowest BCUT2D eigenvalue weighted by Gasteiger charge is -2.43. The first-order chi connectivity index (χ1) is 15.3. The third-order valence-electron chi connectivity index (χ3n) is 6.60. The summed E-state index contributed by atoms with van der Waals surface area (Å²) in [4.78, 5) is 39.2. The van der Waals surface area contributed by atoms with E-state index in [2.05, 4.69) is 5.32 Å². The Morgan fingerprint density at radius 3 is 2.66 bits per heavy atom. The maximum absolute atomic E-state index is 13.2. The number of amides is 1. The van der Waals surface area contributed by atoms with Gasteiger partial charge in [-0.1, -0.05) is 30.3 Å². The van der Waals surface area contributed by atoms with Crippen molar-refractivity contribution in [3.05, 3.63) is 35.9 Å². The average Bonchev–Trinajstić information content (AvgIpc) is 3.24. The van der Waals surface area contributed by atoms with Gasteiger partial charge in [0.15, 0.2) is 0 Å². The van der Waals surface area contributed by atoms with Crippen molar-refractivity contribution in [2.45, 2.75) is 64.1 Å². The molecule has 3 rings (SSSR count). The van der Waals surface area contributed by atoms with Crippen molar-refractivity contribution in [2.75, 3.05) is 26.4 Å². The number of ether oxygens (including phenoxy) is 2. The molecule has 2 fully saturated rings. The molecule has 1 aromatic rings. The molecule has 0 aromatic heterocycles. The molecule has 8 nitrogen and oxygen atoms in total. The van der Waals surface area contributed by atoms with Crippen LogP contribution < -0.4 is 5.32 Å². The number of nitrogens with one attached hydrogen (secondary N) is 1. The Balaban J connectivity index is 1.65. The summed E-state index contributed by atoms with van der Waals surface area (Å²) in [6, 6.07) is 7.55. The molecular formula is C24H34N2O6. The molecule has 2 saturated heterocycles. The first-order valence-corrected chi connectivity index (χ1v) is 11.4. The zero-order valence-electron chi connectivity index (χ0n) is 18.9. The standard InChI is InChI=1S/C24H34N2O6/c1-3-32-23(30)19(10-9-18-7-5-4-6-8-18)25-17(2)21(27)26-13-11-24(12-14-31-16-24)15-20(26)22(28)29/h4-8,17,19-20,25H,3,9-16H2,1-2H3,(H,28,29)/t17-,19?,20-,24?/m0/s1. The molecule has 176 valence electrons. The molecule has 0 saturated carbocycles. The Hall–Kier alpha value is -2.45. The summed E-state index contributed by atoms with van der Waals surface area (Å²) in [7, 11) is 0. The van der Waals surface area contributed by atoms with E-state index in [0.717, 1.165) is 18.4 Å². The molecule has 8 heteroatoms. The molecule has 4 atom stereocenters. The van der Waals surface area contributed by atoms with Crippen molar-refractivity contribution >= 4 is 17.8 Å². The summed E-state index contributed by atoms with van der Waals surface area (Å²) in [6.45, 7) is 5.24. The van der Waals surface area contributed by atoms with Crippen LogP contribution in [0.4, 0.5) is 0 Å². The molecule has 0 bridgehead atoms. The summed E-state index contributed by atoms with van der Waals surface area (Å²) in [5, 5.41) is 12.9. The molecule has 1 amide bonds. The van der Waals surface area contributed by atoms with Gasteiger partial charge in [-0.3, -0.25) is 14.9 Å². The van der Waals surface area contributed by atoms with Crippen molar-refractivity contribution in [1.82, 2.24) is 10.2 Å². The minimum absolute atomic E-state index is 0.153. The summed E-state index contributed by atoms with van der Waals surface area (Å²) in [5.74, 6) is -1.71. The highest BCUT2D eigenvalue weighted by atomic mass is 16.5. The van der Waals surface area contributed by atoms with Gasteiger partial charge >= 0.3 is 11.9 Å². The third kappa shape index (κ3) is 5.86. The number of aryl methyl sites for hydroxylation is 1. The highest BCUT2D eigenvalue weighted by Gasteiger charge is 2.47. The van der Waals surface area contributed by atoms with E-state index < -0.39 is 30.1 Å². The Labute approximate surface area is 189 Å². The van der Waals surface area contributed by atoms with E-state index >= 15 is 0 Å². The molecule has 1 aromatic carbocycles. The van der Waals surface area contributed by atoms with Gasteiger partial charge in [0.05, 0.1) is 19.3 Å².